The fourth-order valence-electron chi connectivity index (χ4n) is 1.87. The van der Waals surface area contributed by atoms with Crippen molar-refractivity contribution in [3.8, 4) is 11.5 Å². The molecule has 0 aliphatic rings. The number of carbonyl (C=O) groups excluding carboxylic acids is 1. The standard InChI is InChI=1S/C14H17N3O3/c1-9-8-12(16-17(9)2)15-14(18)10-6-5-7-11(19-3)13(10)20-4/h5-8H,1-4H3,(H,15,16,18). The molecule has 1 N–H and O–H groups in total. The average Bonchev–Trinajstić information content (AvgIpc) is 2.76. The predicted octanol–water partition coefficient (Wildman–Crippen LogP) is 2.00. The Balaban J connectivity index is 2.29. The predicted molar refractivity (Wildman–Crippen MR) is 75.4 cm³/mol. The molecule has 0 spiro atoms. The molecule has 0 unspecified atom stereocenters. The molecule has 0 radical (unpaired) electrons. The maximum atomic E-state index is 12.3. The van der Waals surface area contributed by atoms with Crippen molar-refractivity contribution in [2.24, 2.45) is 7.05 Å². The minimum atomic E-state index is -0.293. The van der Waals surface area contributed by atoms with Gasteiger partial charge in [-0.3, -0.25) is 9.48 Å². The number of rotatable bonds is 4. The number of nitrogens with zero attached hydrogens (tertiary/aromatic N) is 2. The molecular formula is C14H17N3O3. The van der Waals surface area contributed by atoms with Crippen molar-refractivity contribution in [3.63, 3.8) is 0 Å². The van der Waals surface area contributed by atoms with E-state index in [2.05, 4.69) is 10.4 Å². The van der Waals surface area contributed by atoms with E-state index in [0.29, 0.717) is 22.9 Å². The fourth-order valence-corrected chi connectivity index (χ4v) is 1.87. The normalized spacial score (nSPS) is 10.2. The van der Waals surface area contributed by atoms with Crippen molar-refractivity contribution in [1.82, 2.24) is 9.78 Å². The smallest absolute Gasteiger partial charge is 0.260 e. The first kappa shape index (κ1) is 13.9. The van der Waals surface area contributed by atoms with Crippen molar-refractivity contribution >= 4 is 11.7 Å². The number of para-hydroxylation sites is 1. The van der Waals surface area contributed by atoms with Gasteiger partial charge >= 0.3 is 0 Å². The lowest BCUT2D eigenvalue weighted by Crippen LogP contribution is -2.14. The van der Waals surface area contributed by atoms with Gasteiger partial charge in [-0.2, -0.15) is 5.10 Å². The van der Waals surface area contributed by atoms with Crippen LogP contribution in [0.15, 0.2) is 24.3 Å². The number of hydrogen-bond acceptors (Lipinski definition) is 4. The zero-order chi connectivity index (χ0) is 14.7. The second kappa shape index (κ2) is 5.64. The van der Waals surface area contributed by atoms with Gasteiger partial charge in [-0.25, -0.2) is 0 Å². The van der Waals surface area contributed by atoms with Gasteiger partial charge in [0, 0.05) is 18.8 Å². The minimum Gasteiger partial charge on any atom is -0.493 e. The van der Waals surface area contributed by atoms with E-state index in [4.69, 9.17) is 9.47 Å². The van der Waals surface area contributed by atoms with Crippen LogP contribution in [0.4, 0.5) is 5.82 Å². The van der Waals surface area contributed by atoms with Gasteiger partial charge < -0.3 is 14.8 Å². The molecule has 106 valence electrons. The van der Waals surface area contributed by atoms with Gasteiger partial charge in [-0.05, 0) is 19.1 Å². The number of nitrogens with one attached hydrogen (secondary N) is 1. The molecule has 2 rings (SSSR count). The summed E-state index contributed by atoms with van der Waals surface area (Å²) in [5.41, 5.74) is 1.35. The molecule has 0 atom stereocenters. The maximum absolute atomic E-state index is 12.3. The number of carbonyl (C=O) groups is 1. The Morgan fingerprint density at radius 1 is 1.30 bits per heavy atom. The number of hydrogen-bond donors (Lipinski definition) is 1. The van der Waals surface area contributed by atoms with Gasteiger partial charge in [0.1, 0.15) is 0 Å². The molecule has 0 saturated carbocycles. The third kappa shape index (κ3) is 2.59. The largest absolute Gasteiger partial charge is 0.493 e. The van der Waals surface area contributed by atoms with Crippen LogP contribution >= 0.6 is 0 Å². The van der Waals surface area contributed by atoms with E-state index in [9.17, 15) is 4.79 Å². The summed E-state index contributed by atoms with van der Waals surface area (Å²) in [4.78, 5) is 12.3. The zero-order valence-corrected chi connectivity index (χ0v) is 11.9. The summed E-state index contributed by atoms with van der Waals surface area (Å²) in [5, 5.41) is 6.93. The van der Waals surface area contributed by atoms with Crippen molar-refractivity contribution < 1.29 is 14.3 Å². The minimum absolute atomic E-state index is 0.293. The highest BCUT2D eigenvalue weighted by Gasteiger charge is 2.17. The molecule has 1 aromatic heterocycles. The average molecular weight is 275 g/mol. The highest BCUT2D eigenvalue weighted by atomic mass is 16.5. The molecule has 6 nitrogen and oxygen atoms in total. The summed E-state index contributed by atoms with van der Waals surface area (Å²) in [6.07, 6.45) is 0. The maximum Gasteiger partial charge on any atom is 0.260 e. The molecule has 0 aliphatic heterocycles. The van der Waals surface area contributed by atoms with Gasteiger partial charge in [0.05, 0.1) is 19.8 Å². The van der Waals surface area contributed by atoms with E-state index >= 15 is 0 Å². The topological polar surface area (TPSA) is 65.4 Å². The van der Waals surface area contributed by atoms with Crippen LogP contribution in [0.25, 0.3) is 0 Å². The molecule has 6 heteroatoms. The second-order valence-corrected chi connectivity index (χ2v) is 4.29. The Hall–Kier alpha value is -2.50. The van der Waals surface area contributed by atoms with E-state index in [1.54, 1.807) is 28.9 Å². The van der Waals surface area contributed by atoms with Gasteiger partial charge in [0.15, 0.2) is 17.3 Å². The van der Waals surface area contributed by atoms with Crippen molar-refractivity contribution in [1.29, 1.82) is 0 Å². The summed E-state index contributed by atoms with van der Waals surface area (Å²) in [6, 6.07) is 6.94. The molecule has 2 aromatic rings. The Labute approximate surface area is 117 Å². The Kier molecular flexibility index (Phi) is 3.93. The Morgan fingerprint density at radius 3 is 2.60 bits per heavy atom. The molecule has 1 heterocycles. The van der Waals surface area contributed by atoms with E-state index in [1.165, 1.54) is 14.2 Å². The van der Waals surface area contributed by atoms with E-state index in [1.807, 2.05) is 14.0 Å². The van der Waals surface area contributed by atoms with E-state index in [-0.39, 0.29) is 5.91 Å². The van der Waals surface area contributed by atoms with Gasteiger partial charge in [-0.1, -0.05) is 6.07 Å². The summed E-state index contributed by atoms with van der Waals surface area (Å²) in [7, 11) is 4.85. The monoisotopic (exact) mass is 275 g/mol. The van der Waals surface area contributed by atoms with Gasteiger partial charge in [-0.15, -0.1) is 0 Å². The first-order valence-corrected chi connectivity index (χ1v) is 6.09. The summed E-state index contributed by atoms with van der Waals surface area (Å²) in [6.45, 7) is 1.91. The van der Waals surface area contributed by atoms with Crippen molar-refractivity contribution in [2.75, 3.05) is 19.5 Å². The molecule has 0 aliphatic carbocycles. The number of benzene rings is 1. The van der Waals surface area contributed by atoms with Crippen LogP contribution in [0.2, 0.25) is 0 Å². The van der Waals surface area contributed by atoms with Crippen LogP contribution in [-0.4, -0.2) is 29.9 Å². The molecular weight excluding hydrogens is 258 g/mol. The third-order valence-electron chi connectivity index (χ3n) is 3.00. The lowest BCUT2D eigenvalue weighted by molar-refractivity contribution is 0.102. The number of aryl methyl sites for hydroxylation is 2. The number of ether oxygens (including phenoxy) is 2. The third-order valence-corrected chi connectivity index (χ3v) is 3.00. The number of methoxy groups -OCH3 is 2. The van der Waals surface area contributed by atoms with Crippen molar-refractivity contribution in [3.05, 3.63) is 35.5 Å². The van der Waals surface area contributed by atoms with Crippen LogP contribution in [0, 0.1) is 6.92 Å². The van der Waals surface area contributed by atoms with Gasteiger partial charge in [0.25, 0.3) is 5.91 Å². The SMILES string of the molecule is COc1cccc(C(=O)Nc2cc(C)n(C)n2)c1OC. The summed E-state index contributed by atoms with van der Waals surface area (Å²) < 4.78 is 12.1. The van der Waals surface area contributed by atoms with Crippen LogP contribution < -0.4 is 14.8 Å². The van der Waals surface area contributed by atoms with Crippen LogP contribution in [0.1, 0.15) is 16.1 Å². The fraction of sp³-hybridized carbons (Fsp3) is 0.286. The lowest BCUT2D eigenvalue weighted by Gasteiger charge is -2.11. The highest BCUT2D eigenvalue weighted by molar-refractivity contribution is 6.06. The van der Waals surface area contributed by atoms with Crippen molar-refractivity contribution in [2.45, 2.75) is 6.92 Å². The second-order valence-electron chi connectivity index (χ2n) is 4.29. The first-order chi connectivity index (χ1) is 9.56. The van der Waals surface area contributed by atoms with Crippen LogP contribution in [-0.2, 0) is 7.05 Å². The Morgan fingerprint density at radius 2 is 2.05 bits per heavy atom. The molecule has 1 amide bonds. The van der Waals surface area contributed by atoms with E-state index in [0.717, 1.165) is 5.69 Å². The Bertz CT molecular complexity index is 615. The number of anilines is 1. The highest BCUT2D eigenvalue weighted by Crippen LogP contribution is 2.31. The molecule has 0 fully saturated rings. The molecule has 0 bridgehead atoms. The summed E-state index contributed by atoms with van der Waals surface area (Å²) in [5.74, 6) is 1.12. The van der Waals surface area contributed by atoms with Crippen LogP contribution in [0.5, 0.6) is 11.5 Å². The van der Waals surface area contributed by atoms with Gasteiger partial charge in [0.2, 0.25) is 0 Å². The number of aromatic nitrogens is 2. The summed E-state index contributed by atoms with van der Waals surface area (Å²) >= 11 is 0. The number of amides is 1. The molecule has 0 saturated heterocycles. The quantitative estimate of drug-likeness (QED) is 0.926. The first-order valence-electron chi connectivity index (χ1n) is 6.09. The van der Waals surface area contributed by atoms with E-state index < -0.39 is 0 Å². The zero-order valence-electron chi connectivity index (χ0n) is 11.9. The molecule has 20 heavy (non-hydrogen) atoms. The molecule has 1 aromatic carbocycles. The lowest BCUT2D eigenvalue weighted by atomic mass is 10.1. The van der Waals surface area contributed by atoms with Crippen LogP contribution in [0.3, 0.4) is 0 Å².